The van der Waals surface area contributed by atoms with E-state index < -0.39 is 24.2 Å². The number of nitrogens with one attached hydrogen (secondary N) is 1. The number of benzene rings is 2. The molecule has 0 heterocycles. The maximum Gasteiger partial charge on any atom is 0.338 e. The topological polar surface area (TPSA) is 95.9 Å². The molecule has 0 atom stereocenters. The van der Waals surface area contributed by atoms with E-state index in [0.29, 0.717) is 5.69 Å². The molecule has 0 spiro atoms. The second-order valence-electron chi connectivity index (χ2n) is 4.19. The smallest absolute Gasteiger partial charge is 0.338 e. The molecule has 0 aliphatic rings. The Morgan fingerprint density at radius 2 is 1.71 bits per heavy atom. The van der Waals surface area contributed by atoms with E-state index in [1.54, 1.807) is 24.3 Å². The van der Waals surface area contributed by atoms with Gasteiger partial charge in [-0.05, 0) is 30.3 Å². The highest BCUT2D eigenvalue weighted by Gasteiger charge is 2.12. The summed E-state index contributed by atoms with van der Waals surface area (Å²) in [6.07, 6.45) is 0. The summed E-state index contributed by atoms with van der Waals surface area (Å²) in [5.74, 6) is -2.02. The van der Waals surface area contributed by atoms with Gasteiger partial charge in [0.1, 0.15) is 0 Å². The molecule has 2 aromatic rings. The predicted molar refractivity (Wildman–Crippen MR) is 75.1 cm³/mol. The third-order valence-electron chi connectivity index (χ3n) is 2.60. The van der Waals surface area contributed by atoms with Gasteiger partial charge in [-0.25, -0.2) is 4.79 Å². The number of hydrogen-bond donors (Lipinski definition) is 3. The van der Waals surface area contributed by atoms with Crippen LogP contribution < -0.4 is 5.32 Å². The standard InChI is InChI=1S/C15H13NO5/c17-12-7-6-10(8-13(12)18)15(20)21-9-14(19)16-11-4-2-1-3-5-11/h1-8,17-18H,9H2,(H,16,19). The molecular weight excluding hydrogens is 274 g/mol. The second-order valence-corrected chi connectivity index (χ2v) is 4.19. The van der Waals surface area contributed by atoms with Crippen LogP contribution in [0.2, 0.25) is 0 Å². The molecule has 0 unspecified atom stereocenters. The van der Waals surface area contributed by atoms with Gasteiger partial charge in [0, 0.05) is 5.69 Å². The van der Waals surface area contributed by atoms with Crippen LogP contribution in [0.3, 0.4) is 0 Å². The van der Waals surface area contributed by atoms with Crippen molar-refractivity contribution in [2.45, 2.75) is 0 Å². The molecule has 0 saturated carbocycles. The van der Waals surface area contributed by atoms with E-state index >= 15 is 0 Å². The van der Waals surface area contributed by atoms with Crippen LogP contribution in [-0.2, 0) is 9.53 Å². The van der Waals surface area contributed by atoms with Crippen molar-refractivity contribution in [3.8, 4) is 11.5 Å². The predicted octanol–water partition coefficient (Wildman–Crippen LogP) is 1.89. The number of ether oxygens (including phenoxy) is 1. The zero-order chi connectivity index (χ0) is 15.2. The van der Waals surface area contributed by atoms with E-state index in [1.807, 2.05) is 6.07 Å². The minimum absolute atomic E-state index is 0.0396. The maximum absolute atomic E-state index is 11.7. The number of phenolic OH excluding ortho intramolecular Hbond substituents is 2. The van der Waals surface area contributed by atoms with E-state index in [2.05, 4.69) is 5.32 Å². The molecule has 0 aliphatic heterocycles. The van der Waals surface area contributed by atoms with E-state index in [1.165, 1.54) is 6.07 Å². The largest absolute Gasteiger partial charge is 0.504 e. The molecule has 1 amide bonds. The van der Waals surface area contributed by atoms with Crippen molar-refractivity contribution >= 4 is 17.6 Å². The van der Waals surface area contributed by atoms with Crippen LogP contribution in [0, 0.1) is 0 Å². The fourth-order valence-corrected chi connectivity index (χ4v) is 1.58. The zero-order valence-corrected chi connectivity index (χ0v) is 10.9. The monoisotopic (exact) mass is 287 g/mol. The van der Waals surface area contributed by atoms with Gasteiger partial charge in [-0.3, -0.25) is 4.79 Å². The number of para-hydroxylation sites is 1. The van der Waals surface area contributed by atoms with Crippen molar-refractivity contribution in [2.24, 2.45) is 0 Å². The molecule has 21 heavy (non-hydrogen) atoms. The lowest BCUT2D eigenvalue weighted by molar-refractivity contribution is -0.119. The number of esters is 1. The number of amides is 1. The number of carbonyl (C=O) groups is 2. The Hall–Kier alpha value is -3.02. The van der Waals surface area contributed by atoms with Gasteiger partial charge in [0.15, 0.2) is 18.1 Å². The Balaban J connectivity index is 1.89. The number of carbonyl (C=O) groups excluding carboxylic acids is 2. The Bertz CT molecular complexity index is 654. The van der Waals surface area contributed by atoms with Crippen LogP contribution in [0.4, 0.5) is 5.69 Å². The van der Waals surface area contributed by atoms with Gasteiger partial charge in [-0.1, -0.05) is 18.2 Å². The van der Waals surface area contributed by atoms with Crippen molar-refractivity contribution in [2.75, 3.05) is 11.9 Å². The highest BCUT2D eigenvalue weighted by atomic mass is 16.5. The summed E-state index contributed by atoms with van der Waals surface area (Å²) in [6.45, 7) is -0.449. The lowest BCUT2D eigenvalue weighted by atomic mass is 10.2. The number of phenols is 2. The first kappa shape index (κ1) is 14.4. The van der Waals surface area contributed by atoms with E-state index in [4.69, 9.17) is 9.84 Å². The fraction of sp³-hybridized carbons (Fsp3) is 0.0667. The SMILES string of the molecule is O=C(COC(=O)c1ccc(O)c(O)c1)Nc1ccccc1. The molecule has 0 radical (unpaired) electrons. The molecule has 6 nitrogen and oxygen atoms in total. The van der Waals surface area contributed by atoms with Gasteiger partial charge < -0.3 is 20.3 Å². The van der Waals surface area contributed by atoms with Crippen LogP contribution >= 0.6 is 0 Å². The fourth-order valence-electron chi connectivity index (χ4n) is 1.58. The van der Waals surface area contributed by atoms with Crippen molar-refractivity contribution < 1.29 is 24.5 Å². The molecular formula is C15H13NO5. The van der Waals surface area contributed by atoms with Crippen LogP contribution in [0.1, 0.15) is 10.4 Å². The molecule has 0 fully saturated rings. The summed E-state index contributed by atoms with van der Waals surface area (Å²) in [4.78, 5) is 23.3. The Morgan fingerprint density at radius 1 is 1.00 bits per heavy atom. The molecule has 0 aromatic heterocycles. The third kappa shape index (κ3) is 3.97. The number of rotatable bonds is 4. The van der Waals surface area contributed by atoms with E-state index in [9.17, 15) is 14.7 Å². The van der Waals surface area contributed by atoms with Crippen molar-refractivity contribution in [1.82, 2.24) is 0 Å². The minimum atomic E-state index is -0.770. The molecule has 108 valence electrons. The van der Waals surface area contributed by atoms with Gasteiger partial charge in [0.05, 0.1) is 5.56 Å². The van der Waals surface area contributed by atoms with Gasteiger partial charge >= 0.3 is 5.97 Å². The zero-order valence-electron chi connectivity index (χ0n) is 10.9. The molecule has 0 saturated heterocycles. The summed E-state index contributed by atoms with van der Waals surface area (Å²) < 4.78 is 4.81. The van der Waals surface area contributed by atoms with Crippen molar-refractivity contribution in [3.05, 3.63) is 54.1 Å². The Kier molecular flexibility index (Phi) is 4.40. The van der Waals surface area contributed by atoms with Crippen LogP contribution in [0.25, 0.3) is 0 Å². The molecule has 0 bridgehead atoms. The summed E-state index contributed by atoms with van der Waals surface area (Å²) in [5.41, 5.74) is 0.638. The number of aromatic hydroxyl groups is 2. The molecule has 2 rings (SSSR count). The number of hydrogen-bond acceptors (Lipinski definition) is 5. The second kappa shape index (κ2) is 6.42. The Labute approximate surface area is 120 Å². The van der Waals surface area contributed by atoms with Gasteiger partial charge in [-0.15, -0.1) is 0 Å². The first-order valence-corrected chi connectivity index (χ1v) is 6.10. The summed E-state index contributed by atoms with van der Waals surface area (Å²) in [5, 5.41) is 21.0. The van der Waals surface area contributed by atoms with Gasteiger partial charge in [-0.2, -0.15) is 0 Å². The lowest BCUT2D eigenvalue weighted by Crippen LogP contribution is -2.20. The summed E-state index contributed by atoms with van der Waals surface area (Å²) >= 11 is 0. The van der Waals surface area contributed by atoms with Gasteiger partial charge in [0.2, 0.25) is 0 Å². The average molecular weight is 287 g/mol. The highest BCUT2D eigenvalue weighted by molar-refractivity contribution is 5.95. The number of anilines is 1. The highest BCUT2D eigenvalue weighted by Crippen LogP contribution is 2.25. The van der Waals surface area contributed by atoms with Gasteiger partial charge in [0.25, 0.3) is 5.91 Å². The van der Waals surface area contributed by atoms with Crippen molar-refractivity contribution in [1.29, 1.82) is 0 Å². The quantitative estimate of drug-likeness (QED) is 0.589. The van der Waals surface area contributed by atoms with Crippen molar-refractivity contribution in [3.63, 3.8) is 0 Å². The molecule has 2 aromatic carbocycles. The third-order valence-corrected chi connectivity index (χ3v) is 2.60. The van der Waals surface area contributed by atoms with E-state index in [0.717, 1.165) is 12.1 Å². The Morgan fingerprint density at radius 3 is 2.38 bits per heavy atom. The van der Waals surface area contributed by atoms with Crippen LogP contribution in [-0.4, -0.2) is 28.7 Å². The minimum Gasteiger partial charge on any atom is -0.504 e. The summed E-state index contributed by atoms with van der Waals surface area (Å²) in [6, 6.07) is 12.3. The molecule has 3 N–H and O–H groups in total. The van der Waals surface area contributed by atoms with Crippen LogP contribution in [0.15, 0.2) is 48.5 Å². The molecule has 6 heteroatoms. The van der Waals surface area contributed by atoms with Crippen LogP contribution in [0.5, 0.6) is 11.5 Å². The average Bonchev–Trinajstić information content (AvgIpc) is 2.48. The lowest BCUT2D eigenvalue weighted by Gasteiger charge is -2.07. The maximum atomic E-state index is 11.7. The normalized spacial score (nSPS) is 9.90. The van der Waals surface area contributed by atoms with E-state index in [-0.39, 0.29) is 11.3 Å². The molecule has 0 aliphatic carbocycles. The first-order chi connectivity index (χ1) is 10.1. The summed E-state index contributed by atoms with van der Waals surface area (Å²) in [7, 11) is 0. The first-order valence-electron chi connectivity index (χ1n) is 6.10.